The molecule has 0 saturated heterocycles. The van der Waals surface area contributed by atoms with Crippen LogP contribution in [0.15, 0.2) is 12.3 Å². The first-order chi connectivity index (χ1) is 8.59. The minimum Gasteiger partial charge on any atom is -0.352 e. The molecule has 1 heterocycles. The summed E-state index contributed by atoms with van der Waals surface area (Å²) in [6.07, 6.45) is 4.66. The number of nitrogens with zero attached hydrogens (tertiary/aromatic N) is 2. The molecule has 1 aliphatic carbocycles. The van der Waals surface area contributed by atoms with Gasteiger partial charge in [0.15, 0.2) is 0 Å². The summed E-state index contributed by atoms with van der Waals surface area (Å²) in [5, 5.41) is 13.3. The molecule has 6 nitrogen and oxygen atoms in total. The summed E-state index contributed by atoms with van der Waals surface area (Å²) in [5.74, 6) is 0.0169. The molecule has 7 heteroatoms. The van der Waals surface area contributed by atoms with Crippen molar-refractivity contribution >= 4 is 23.2 Å². The van der Waals surface area contributed by atoms with Crippen LogP contribution in [0.5, 0.6) is 0 Å². The zero-order chi connectivity index (χ0) is 13.1. The number of nitro groups is 1. The fraction of sp³-hybridized carbons (Fsp3) is 0.455. The number of aromatic nitrogens is 1. The molecule has 0 radical (unpaired) electrons. The van der Waals surface area contributed by atoms with Gasteiger partial charge in [-0.05, 0) is 24.8 Å². The van der Waals surface area contributed by atoms with Gasteiger partial charge in [-0.25, -0.2) is 4.98 Å². The van der Waals surface area contributed by atoms with Gasteiger partial charge >= 0.3 is 5.69 Å². The number of amides is 1. The lowest BCUT2D eigenvalue weighted by Crippen LogP contribution is -2.32. The highest BCUT2D eigenvalue weighted by Crippen LogP contribution is 2.27. The van der Waals surface area contributed by atoms with E-state index in [1.54, 1.807) is 0 Å². The summed E-state index contributed by atoms with van der Waals surface area (Å²) in [6.45, 7) is 0.552. The fourth-order valence-electron chi connectivity index (χ4n) is 1.81. The van der Waals surface area contributed by atoms with Crippen LogP contribution in [-0.2, 0) is 0 Å². The Morgan fingerprint density at radius 3 is 2.89 bits per heavy atom. The molecule has 1 aromatic heterocycles. The molecule has 1 aliphatic rings. The normalized spacial score (nSPS) is 14.9. The lowest BCUT2D eigenvalue weighted by Gasteiger charge is -2.25. The Labute approximate surface area is 109 Å². The molecule has 1 amide bonds. The van der Waals surface area contributed by atoms with E-state index in [0.717, 1.165) is 12.8 Å². The van der Waals surface area contributed by atoms with Crippen molar-refractivity contribution in [2.75, 3.05) is 6.54 Å². The van der Waals surface area contributed by atoms with Gasteiger partial charge in [0.1, 0.15) is 5.56 Å². The molecule has 1 fully saturated rings. The Hall–Kier alpha value is -1.69. The molecule has 0 unspecified atom stereocenters. The number of nitrogens with one attached hydrogen (secondary N) is 1. The zero-order valence-electron chi connectivity index (χ0n) is 9.56. The second-order valence-corrected chi connectivity index (χ2v) is 4.62. The van der Waals surface area contributed by atoms with Crippen molar-refractivity contribution in [2.45, 2.75) is 19.3 Å². The lowest BCUT2D eigenvalue weighted by atomic mass is 9.85. The van der Waals surface area contributed by atoms with Crippen LogP contribution < -0.4 is 5.32 Å². The van der Waals surface area contributed by atoms with E-state index in [0.29, 0.717) is 12.5 Å². The van der Waals surface area contributed by atoms with E-state index in [4.69, 9.17) is 11.6 Å². The maximum atomic E-state index is 11.9. The predicted molar refractivity (Wildman–Crippen MR) is 65.6 cm³/mol. The number of carbonyl (C=O) groups excluding carboxylic acids is 1. The van der Waals surface area contributed by atoms with Gasteiger partial charge in [-0.3, -0.25) is 14.9 Å². The summed E-state index contributed by atoms with van der Waals surface area (Å²) < 4.78 is 0. The second kappa shape index (κ2) is 5.30. The molecular formula is C11H12ClN3O3. The third kappa shape index (κ3) is 2.59. The van der Waals surface area contributed by atoms with Crippen LogP contribution in [0, 0.1) is 16.0 Å². The smallest absolute Gasteiger partial charge is 0.319 e. The van der Waals surface area contributed by atoms with Crippen LogP contribution in [0.3, 0.4) is 0 Å². The number of pyridine rings is 1. The Balaban J connectivity index is 2.13. The number of halogens is 1. The Morgan fingerprint density at radius 1 is 1.61 bits per heavy atom. The lowest BCUT2D eigenvalue weighted by molar-refractivity contribution is -0.385. The molecule has 1 N–H and O–H groups in total. The first kappa shape index (κ1) is 12.8. The van der Waals surface area contributed by atoms with Crippen molar-refractivity contribution < 1.29 is 9.72 Å². The average Bonchev–Trinajstić information content (AvgIpc) is 2.25. The molecule has 96 valence electrons. The van der Waals surface area contributed by atoms with Gasteiger partial charge < -0.3 is 5.32 Å². The minimum absolute atomic E-state index is 0.0423. The van der Waals surface area contributed by atoms with Crippen LogP contribution >= 0.6 is 11.6 Å². The quantitative estimate of drug-likeness (QED) is 0.516. The Morgan fingerprint density at radius 2 is 2.33 bits per heavy atom. The third-order valence-corrected chi connectivity index (χ3v) is 3.36. The number of carbonyl (C=O) groups is 1. The molecule has 1 aromatic rings. The van der Waals surface area contributed by atoms with E-state index in [1.807, 2.05) is 0 Å². The van der Waals surface area contributed by atoms with Crippen LogP contribution in [0.25, 0.3) is 0 Å². The van der Waals surface area contributed by atoms with E-state index >= 15 is 0 Å². The van der Waals surface area contributed by atoms with Crippen molar-refractivity contribution in [3.63, 3.8) is 0 Å². The fourth-order valence-corrected chi connectivity index (χ4v) is 2.04. The molecule has 1 saturated carbocycles. The first-order valence-corrected chi connectivity index (χ1v) is 6.04. The van der Waals surface area contributed by atoms with Crippen LogP contribution in [0.2, 0.25) is 5.15 Å². The zero-order valence-corrected chi connectivity index (χ0v) is 10.3. The highest BCUT2D eigenvalue weighted by molar-refractivity contribution is 6.32. The van der Waals surface area contributed by atoms with Crippen molar-refractivity contribution in [1.29, 1.82) is 0 Å². The third-order valence-electron chi connectivity index (χ3n) is 3.08. The maximum absolute atomic E-state index is 11.9. The molecule has 0 spiro atoms. The number of rotatable bonds is 4. The van der Waals surface area contributed by atoms with Gasteiger partial charge in [0.2, 0.25) is 5.15 Å². The monoisotopic (exact) mass is 269 g/mol. The van der Waals surface area contributed by atoms with Gasteiger partial charge in [-0.15, -0.1) is 0 Å². The van der Waals surface area contributed by atoms with Gasteiger partial charge in [0.25, 0.3) is 5.91 Å². The molecule has 0 atom stereocenters. The average molecular weight is 270 g/mol. The summed E-state index contributed by atoms with van der Waals surface area (Å²) in [4.78, 5) is 25.6. The minimum atomic E-state index is -0.687. The Bertz CT molecular complexity index is 488. The summed E-state index contributed by atoms with van der Waals surface area (Å²) >= 11 is 5.64. The molecule has 0 bridgehead atoms. The van der Waals surface area contributed by atoms with Crippen molar-refractivity contribution in [1.82, 2.24) is 10.3 Å². The predicted octanol–water partition coefficient (Wildman–Crippen LogP) is 2.17. The topological polar surface area (TPSA) is 85.1 Å². The molecule has 0 aromatic carbocycles. The number of hydrogen-bond acceptors (Lipinski definition) is 4. The van der Waals surface area contributed by atoms with Crippen molar-refractivity contribution in [3.05, 3.63) is 33.1 Å². The highest BCUT2D eigenvalue weighted by atomic mass is 35.5. The highest BCUT2D eigenvalue weighted by Gasteiger charge is 2.25. The Kier molecular flexibility index (Phi) is 3.76. The number of hydrogen-bond donors (Lipinski definition) is 1. The molecular weight excluding hydrogens is 258 g/mol. The van der Waals surface area contributed by atoms with Gasteiger partial charge in [-0.1, -0.05) is 18.0 Å². The summed E-state index contributed by atoms with van der Waals surface area (Å²) in [7, 11) is 0. The molecule has 0 aliphatic heterocycles. The summed E-state index contributed by atoms with van der Waals surface area (Å²) in [6, 6.07) is 1.31. The maximum Gasteiger partial charge on any atom is 0.319 e. The van der Waals surface area contributed by atoms with Gasteiger partial charge in [0.05, 0.1) is 4.92 Å². The first-order valence-electron chi connectivity index (χ1n) is 5.66. The van der Waals surface area contributed by atoms with Gasteiger partial charge in [0, 0.05) is 12.7 Å². The van der Waals surface area contributed by atoms with E-state index in [1.165, 1.54) is 18.7 Å². The van der Waals surface area contributed by atoms with E-state index in [2.05, 4.69) is 10.3 Å². The largest absolute Gasteiger partial charge is 0.352 e. The summed E-state index contributed by atoms with van der Waals surface area (Å²) in [5.41, 5.74) is -0.482. The van der Waals surface area contributed by atoms with E-state index in [-0.39, 0.29) is 10.7 Å². The van der Waals surface area contributed by atoms with Gasteiger partial charge in [-0.2, -0.15) is 0 Å². The van der Waals surface area contributed by atoms with E-state index in [9.17, 15) is 14.9 Å². The molecule has 2 rings (SSSR count). The second-order valence-electron chi connectivity index (χ2n) is 4.26. The van der Waals surface area contributed by atoms with Crippen LogP contribution in [-0.4, -0.2) is 22.4 Å². The standard InChI is InChI=1S/C11H12ClN3O3/c12-10-9(15(17)18)8(4-5-13-10)11(16)14-6-7-2-1-3-7/h4-5,7H,1-3,6H2,(H,14,16). The van der Waals surface area contributed by atoms with Crippen molar-refractivity contribution in [2.24, 2.45) is 5.92 Å². The SMILES string of the molecule is O=C(NCC1CCC1)c1ccnc(Cl)c1[N+](=O)[O-]. The van der Waals surface area contributed by atoms with Crippen LogP contribution in [0.1, 0.15) is 29.6 Å². The van der Waals surface area contributed by atoms with Crippen LogP contribution in [0.4, 0.5) is 5.69 Å². The molecule has 18 heavy (non-hydrogen) atoms. The van der Waals surface area contributed by atoms with E-state index < -0.39 is 16.5 Å². The van der Waals surface area contributed by atoms with Crippen molar-refractivity contribution in [3.8, 4) is 0 Å².